The van der Waals surface area contributed by atoms with Crippen LogP contribution in [0.15, 0.2) is 10.9 Å². The van der Waals surface area contributed by atoms with Gasteiger partial charge in [0.15, 0.2) is 0 Å². The maximum atomic E-state index is 12.2. The molecule has 1 N–H and O–H groups in total. The van der Waals surface area contributed by atoms with Gasteiger partial charge in [-0.05, 0) is 69.5 Å². The second kappa shape index (κ2) is 6.60. The number of β-amino-alcohol motifs (C(OH)–C–C–N with tert-alkyl or cyclic N) is 1. The first kappa shape index (κ1) is 16.3. The Labute approximate surface area is 143 Å². The number of hydrogen-bond donors (Lipinski definition) is 1. The summed E-state index contributed by atoms with van der Waals surface area (Å²) in [4.78, 5) is 14.7. The third-order valence-electron chi connectivity index (χ3n) is 6.21. The van der Waals surface area contributed by atoms with Crippen LogP contribution in [-0.4, -0.2) is 45.0 Å². The van der Waals surface area contributed by atoms with Crippen LogP contribution in [0.2, 0.25) is 0 Å². The number of aromatic nitrogens is 2. The van der Waals surface area contributed by atoms with Crippen molar-refractivity contribution in [2.45, 2.75) is 69.9 Å². The average molecular weight is 331 g/mol. The summed E-state index contributed by atoms with van der Waals surface area (Å²) < 4.78 is 1.70. The molecule has 1 saturated carbocycles. The number of aliphatic hydroxyl groups is 1. The van der Waals surface area contributed by atoms with Crippen molar-refractivity contribution in [2.24, 2.45) is 5.92 Å². The molecule has 132 valence electrons. The van der Waals surface area contributed by atoms with E-state index in [0.717, 1.165) is 82.4 Å². The van der Waals surface area contributed by atoms with E-state index in [9.17, 15) is 9.90 Å². The Hall–Kier alpha value is -1.20. The van der Waals surface area contributed by atoms with Crippen molar-refractivity contribution in [3.63, 3.8) is 0 Å². The summed E-state index contributed by atoms with van der Waals surface area (Å²) in [7, 11) is 0. The van der Waals surface area contributed by atoms with Crippen LogP contribution in [0, 0.1) is 5.92 Å². The number of aryl methyl sites for hydroxylation is 2. The molecule has 3 aliphatic rings. The fourth-order valence-electron chi connectivity index (χ4n) is 4.75. The summed E-state index contributed by atoms with van der Waals surface area (Å²) in [5, 5.41) is 15.2. The van der Waals surface area contributed by atoms with Gasteiger partial charge in [-0.25, -0.2) is 4.68 Å². The number of piperidine rings is 1. The van der Waals surface area contributed by atoms with Gasteiger partial charge in [-0.3, -0.25) is 4.79 Å². The highest BCUT2D eigenvalue weighted by Crippen LogP contribution is 2.31. The number of hydrogen-bond acceptors (Lipinski definition) is 4. The van der Waals surface area contributed by atoms with E-state index >= 15 is 0 Å². The van der Waals surface area contributed by atoms with E-state index in [-0.39, 0.29) is 5.56 Å². The van der Waals surface area contributed by atoms with Gasteiger partial charge in [-0.2, -0.15) is 5.10 Å². The summed E-state index contributed by atoms with van der Waals surface area (Å²) in [6.45, 7) is 3.65. The SMILES string of the molecule is O=c1cc2c(nn1CC1CCN(CC3(O)CCCC3)CC1)CCC2. The third kappa shape index (κ3) is 3.42. The Bertz CT molecular complexity index is 641. The highest BCUT2D eigenvalue weighted by Gasteiger charge is 2.34. The number of rotatable bonds is 4. The predicted molar refractivity (Wildman–Crippen MR) is 93.1 cm³/mol. The van der Waals surface area contributed by atoms with Crippen molar-refractivity contribution in [1.82, 2.24) is 14.7 Å². The molecule has 0 radical (unpaired) electrons. The lowest BCUT2D eigenvalue weighted by Crippen LogP contribution is -2.45. The monoisotopic (exact) mass is 331 g/mol. The fraction of sp³-hybridized carbons (Fsp3) is 0.789. The number of fused-ring (bicyclic) bond motifs is 1. The van der Waals surface area contributed by atoms with E-state index in [2.05, 4.69) is 10.00 Å². The van der Waals surface area contributed by atoms with Crippen LogP contribution in [-0.2, 0) is 19.4 Å². The van der Waals surface area contributed by atoms with Crippen LogP contribution in [0.25, 0.3) is 0 Å². The predicted octanol–water partition coefficient (Wildman–Crippen LogP) is 1.75. The zero-order valence-corrected chi connectivity index (χ0v) is 14.5. The first-order chi connectivity index (χ1) is 11.6. The van der Waals surface area contributed by atoms with E-state index in [1.165, 1.54) is 12.8 Å². The van der Waals surface area contributed by atoms with Crippen LogP contribution in [0.5, 0.6) is 0 Å². The molecule has 0 amide bonds. The molecule has 5 heteroatoms. The van der Waals surface area contributed by atoms with E-state index in [1.807, 2.05) is 0 Å². The lowest BCUT2D eigenvalue weighted by Gasteiger charge is -2.36. The van der Waals surface area contributed by atoms with Crippen molar-refractivity contribution in [3.8, 4) is 0 Å². The fourth-order valence-corrected chi connectivity index (χ4v) is 4.75. The summed E-state index contributed by atoms with van der Waals surface area (Å²) >= 11 is 0. The quantitative estimate of drug-likeness (QED) is 0.913. The maximum Gasteiger partial charge on any atom is 0.267 e. The van der Waals surface area contributed by atoms with Crippen molar-refractivity contribution in [2.75, 3.05) is 19.6 Å². The lowest BCUT2D eigenvalue weighted by molar-refractivity contribution is -0.000793. The molecule has 0 bridgehead atoms. The zero-order valence-electron chi connectivity index (χ0n) is 14.5. The van der Waals surface area contributed by atoms with Gasteiger partial charge < -0.3 is 10.0 Å². The number of likely N-dealkylation sites (tertiary alicyclic amines) is 1. The maximum absolute atomic E-state index is 12.2. The van der Waals surface area contributed by atoms with E-state index < -0.39 is 5.60 Å². The van der Waals surface area contributed by atoms with Gasteiger partial charge in [0.25, 0.3) is 5.56 Å². The van der Waals surface area contributed by atoms with Gasteiger partial charge in [0.2, 0.25) is 0 Å². The van der Waals surface area contributed by atoms with E-state index in [4.69, 9.17) is 0 Å². The van der Waals surface area contributed by atoms with Crippen molar-refractivity contribution in [1.29, 1.82) is 0 Å². The highest BCUT2D eigenvalue weighted by atomic mass is 16.3. The van der Waals surface area contributed by atoms with Crippen molar-refractivity contribution in [3.05, 3.63) is 27.7 Å². The third-order valence-corrected chi connectivity index (χ3v) is 6.21. The molecule has 2 heterocycles. The second-order valence-corrected chi connectivity index (χ2v) is 8.14. The second-order valence-electron chi connectivity index (χ2n) is 8.14. The lowest BCUT2D eigenvalue weighted by atomic mass is 9.94. The largest absolute Gasteiger partial charge is 0.389 e. The molecule has 1 aromatic rings. The summed E-state index contributed by atoms with van der Waals surface area (Å²) in [5.74, 6) is 0.532. The van der Waals surface area contributed by atoms with E-state index in [1.54, 1.807) is 10.7 Å². The molecule has 1 saturated heterocycles. The van der Waals surface area contributed by atoms with Crippen LogP contribution >= 0.6 is 0 Å². The molecule has 5 nitrogen and oxygen atoms in total. The van der Waals surface area contributed by atoms with Crippen LogP contribution in [0.3, 0.4) is 0 Å². The normalized spacial score (nSPS) is 24.4. The van der Waals surface area contributed by atoms with Gasteiger partial charge in [-0.15, -0.1) is 0 Å². The first-order valence-corrected chi connectivity index (χ1v) is 9.66. The topological polar surface area (TPSA) is 58.4 Å². The average Bonchev–Trinajstić information content (AvgIpc) is 3.18. The molecule has 0 aromatic carbocycles. The smallest absolute Gasteiger partial charge is 0.267 e. The molecule has 1 aromatic heterocycles. The highest BCUT2D eigenvalue weighted by molar-refractivity contribution is 5.22. The molecular weight excluding hydrogens is 302 g/mol. The Kier molecular flexibility index (Phi) is 4.48. The molecule has 2 fully saturated rings. The molecule has 0 atom stereocenters. The van der Waals surface area contributed by atoms with Crippen molar-refractivity contribution >= 4 is 0 Å². The van der Waals surface area contributed by atoms with Crippen LogP contribution in [0.1, 0.15) is 56.2 Å². The Morgan fingerprint density at radius 3 is 2.67 bits per heavy atom. The molecule has 2 aliphatic carbocycles. The summed E-state index contributed by atoms with van der Waals surface area (Å²) in [6.07, 6.45) is 9.62. The van der Waals surface area contributed by atoms with Crippen LogP contribution in [0.4, 0.5) is 0 Å². The minimum Gasteiger partial charge on any atom is -0.389 e. The van der Waals surface area contributed by atoms with E-state index in [0.29, 0.717) is 5.92 Å². The molecule has 24 heavy (non-hydrogen) atoms. The Morgan fingerprint density at radius 2 is 1.92 bits per heavy atom. The molecule has 4 rings (SSSR count). The first-order valence-electron chi connectivity index (χ1n) is 9.66. The molecular formula is C19H29N3O2. The van der Waals surface area contributed by atoms with Gasteiger partial charge in [0.1, 0.15) is 0 Å². The minimum absolute atomic E-state index is 0.0679. The molecule has 1 aliphatic heterocycles. The van der Waals surface area contributed by atoms with Gasteiger partial charge in [-0.1, -0.05) is 12.8 Å². The Balaban J connectivity index is 1.33. The molecule has 0 spiro atoms. The van der Waals surface area contributed by atoms with Gasteiger partial charge in [0, 0.05) is 19.2 Å². The zero-order chi connectivity index (χ0) is 16.6. The van der Waals surface area contributed by atoms with Gasteiger partial charge >= 0.3 is 0 Å². The Morgan fingerprint density at radius 1 is 1.17 bits per heavy atom. The standard InChI is InChI=1S/C19H29N3O2/c23-18-12-16-4-3-5-17(16)20-22(18)13-15-6-10-21(11-7-15)14-19(24)8-1-2-9-19/h12,15,24H,1-11,13-14H2. The van der Waals surface area contributed by atoms with Crippen LogP contribution < -0.4 is 5.56 Å². The minimum atomic E-state index is -0.439. The summed E-state index contributed by atoms with van der Waals surface area (Å²) in [6, 6.07) is 1.81. The molecule has 0 unspecified atom stereocenters. The summed E-state index contributed by atoms with van der Waals surface area (Å²) in [5.41, 5.74) is 1.93. The van der Waals surface area contributed by atoms with Crippen molar-refractivity contribution < 1.29 is 5.11 Å². The van der Waals surface area contributed by atoms with Gasteiger partial charge in [0.05, 0.1) is 11.3 Å². The number of nitrogens with zero attached hydrogens (tertiary/aromatic N) is 3.